The summed E-state index contributed by atoms with van der Waals surface area (Å²) in [4.78, 5) is 15.2. The zero-order valence-corrected chi connectivity index (χ0v) is 18.8. The number of amides is 1. The van der Waals surface area contributed by atoms with Gasteiger partial charge in [0.15, 0.2) is 0 Å². The first-order chi connectivity index (χ1) is 15.1. The average molecular weight is 445 g/mol. The van der Waals surface area contributed by atoms with Gasteiger partial charge in [-0.15, -0.1) is 0 Å². The number of morpholine rings is 1. The highest BCUT2D eigenvalue weighted by Crippen LogP contribution is 2.50. The van der Waals surface area contributed by atoms with Crippen molar-refractivity contribution in [3.63, 3.8) is 0 Å². The Labute approximate surface area is 188 Å². The number of carbonyl (C=O) groups excluding carboxylic acids is 1. The van der Waals surface area contributed by atoms with E-state index in [9.17, 15) is 4.79 Å². The van der Waals surface area contributed by atoms with Crippen molar-refractivity contribution in [2.45, 2.75) is 26.2 Å². The predicted octanol–water partition coefficient (Wildman–Crippen LogP) is 4.72. The molecule has 2 unspecified atom stereocenters. The maximum atomic E-state index is 13.0. The van der Waals surface area contributed by atoms with Crippen LogP contribution < -0.4 is 19.7 Å². The summed E-state index contributed by atoms with van der Waals surface area (Å²) in [6.45, 7) is 7.87. The van der Waals surface area contributed by atoms with Crippen LogP contribution in [0, 0.1) is 5.92 Å². The fraction of sp³-hybridized carbons (Fsp3) is 0.458. The van der Waals surface area contributed by atoms with Crippen molar-refractivity contribution in [1.29, 1.82) is 0 Å². The van der Waals surface area contributed by atoms with Crippen LogP contribution >= 0.6 is 11.6 Å². The molecule has 166 valence electrons. The highest BCUT2D eigenvalue weighted by molar-refractivity contribution is 6.31. The minimum Gasteiger partial charge on any atom is -0.492 e. The molecule has 31 heavy (non-hydrogen) atoms. The molecule has 1 aliphatic carbocycles. The molecule has 0 bridgehead atoms. The van der Waals surface area contributed by atoms with E-state index in [1.807, 2.05) is 50.2 Å². The zero-order valence-electron chi connectivity index (χ0n) is 18.0. The Morgan fingerprint density at radius 3 is 2.55 bits per heavy atom. The first-order valence-electron chi connectivity index (χ1n) is 10.9. The molecule has 2 aromatic rings. The van der Waals surface area contributed by atoms with Gasteiger partial charge in [-0.2, -0.15) is 0 Å². The highest BCUT2D eigenvalue weighted by atomic mass is 35.5. The number of halogens is 1. The van der Waals surface area contributed by atoms with Gasteiger partial charge in [0.1, 0.15) is 11.5 Å². The van der Waals surface area contributed by atoms with Crippen LogP contribution in [-0.2, 0) is 9.53 Å². The normalized spacial score (nSPS) is 20.3. The summed E-state index contributed by atoms with van der Waals surface area (Å²) in [5.74, 6) is 1.43. The van der Waals surface area contributed by atoms with E-state index in [0.29, 0.717) is 42.9 Å². The fourth-order valence-corrected chi connectivity index (χ4v) is 4.35. The molecule has 7 heteroatoms. The van der Waals surface area contributed by atoms with Crippen molar-refractivity contribution in [3.8, 4) is 11.5 Å². The van der Waals surface area contributed by atoms with E-state index in [2.05, 4.69) is 10.2 Å². The van der Waals surface area contributed by atoms with Crippen molar-refractivity contribution < 1.29 is 19.0 Å². The maximum absolute atomic E-state index is 13.0. The number of hydrogen-bond donors (Lipinski definition) is 1. The van der Waals surface area contributed by atoms with Crippen LogP contribution in [0.3, 0.4) is 0 Å². The lowest BCUT2D eigenvalue weighted by Gasteiger charge is -2.31. The van der Waals surface area contributed by atoms with Crippen molar-refractivity contribution in [3.05, 3.63) is 47.0 Å². The third-order valence-electron chi connectivity index (χ3n) is 5.70. The lowest BCUT2D eigenvalue weighted by molar-refractivity contribution is -0.117. The van der Waals surface area contributed by atoms with E-state index in [1.165, 1.54) is 0 Å². The van der Waals surface area contributed by atoms with Crippen LogP contribution in [0.2, 0.25) is 5.02 Å². The van der Waals surface area contributed by atoms with Crippen molar-refractivity contribution >= 4 is 28.9 Å². The maximum Gasteiger partial charge on any atom is 0.228 e. The Morgan fingerprint density at radius 1 is 1.13 bits per heavy atom. The number of hydrogen-bond acceptors (Lipinski definition) is 5. The van der Waals surface area contributed by atoms with E-state index < -0.39 is 0 Å². The summed E-state index contributed by atoms with van der Waals surface area (Å²) in [5, 5.41) is 3.79. The Kier molecular flexibility index (Phi) is 6.88. The molecule has 1 saturated carbocycles. The van der Waals surface area contributed by atoms with E-state index in [4.69, 9.17) is 25.8 Å². The highest BCUT2D eigenvalue weighted by Gasteiger charge is 2.45. The molecule has 2 aliphatic rings. The van der Waals surface area contributed by atoms with Crippen molar-refractivity contribution in [1.82, 2.24) is 0 Å². The molecule has 2 atom stereocenters. The topological polar surface area (TPSA) is 60.0 Å². The number of carbonyl (C=O) groups is 1. The number of nitrogens with zero attached hydrogens (tertiary/aromatic N) is 1. The lowest BCUT2D eigenvalue weighted by Crippen LogP contribution is -2.36. The number of benzene rings is 2. The van der Waals surface area contributed by atoms with Gasteiger partial charge in [-0.05, 0) is 37.8 Å². The van der Waals surface area contributed by atoms with Crippen molar-refractivity contribution in [2.24, 2.45) is 5.92 Å². The minimum atomic E-state index is -0.0937. The van der Waals surface area contributed by atoms with Crippen LogP contribution in [0.4, 0.5) is 11.4 Å². The van der Waals surface area contributed by atoms with Crippen LogP contribution in [-0.4, -0.2) is 45.4 Å². The smallest absolute Gasteiger partial charge is 0.228 e. The second kappa shape index (κ2) is 9.79. The monoisotopic (exact) mass is 444 g/mol. The van der Waals surface area contributed by atoms with Gasteiger partial charge in [0.05, 0.1) is 37.8 Å². The molecule has 1 heterocycles. The molecule has 1 N–H and O–H groups in total. The molecule has 1 aliphatic heterocycles. The van der Waals surface area contributed by atoms with Gasteiger partial charge in [-0.1, -0.05) is 29.8 Å². The Hall–Kier alpha value is -2.44. The summed E-state index contributed by atoms with van der Waals surface area (Å²) in [5.41, 5.74) is 2.64. The molecule has 0 aromatic heterocycles. The lowest BCUT2D eigenvalue weighted by atomic mass is 10.1. The number of nitrogens with one attached hydrogen (secondary N) is 1. The predicted molar refractivity (Wildman–Crippen MR) is 123 cm³/mol. The Balaban J connectivity index is 1.56. The van der Waals surface area contributed by atoms with Crippen LogP contribution in [0.1, 0.15) is 31.7 Å². The standard InChI is InChI=1S/C24H29ClN2O4/c1-3-30-22-15-21(27-9-11-29-12-10-27)23(31-4-2)14-20(22)26-24(28)18-13-17(18)16-7-5-6-8-19(16)25/h5-8,14-15,17-18H,3-4,9-13H2,1-2H3,(H,26,28). The average Bonchev–Trinajstić information content (AvgIpc) is 3.57. The molecule has 2 fully saturated rings. The Bertz CT molecular complexity index is 930. The summed E-state index contributed by atoms with van der Waals surface area (Å²) in [6.07, 6.45) is 0.795. The first-order valence-corrected chi connectivity index (χ1v) is 11.3. The molecule has 0 radical (unpaired) electrons. The quantitative estimate of drug-likeness (QED) is 0.638. The van der Waals surface area contributed by atoms with E-state index in [0.717, 1.165) is 36.5 Å². The van der Waals surface area contributed by atoms with Crippen molar-refractivity contribution in [2.75, 3.05) is 49.7 Å². The van der Waals surface area contributed by atoms with E-state index in [1.54, 1.807) is 0 Å². The molecule has 6 nitrogen and oxygen atoms in total. The van der Waals surface area contributed by atoms with Gasteiger partial charge >= 0.3 is 0 Å². The molecular formula is C24H29ClN2O4. The van der Waals surface area contributed by atoms with Gasteiger partial charge in [-0.3, -0.25) is 4.79 Å². The van der Waals surface area contributed by atoms with Gasteiger partial charge in [0.25, 0.3) is 0 Å². The van der Waals surface area contributed by atoms with Gasteiger partial charge in [-0.25, -0.2) is 0 Å². The minimum absolute atomic E-state index is 0.0209. The number of rotatable bonds is 8. The Morgan fingerprint density at radius 2 is 1.84 bits per heavy atom. The van der Waals surface area contributed by atoms with Gasteiger partial charge in [0, 0.05) is 36.2 Å². The summed E-state index contributed by atoms with van der Waals surface area (Å²) < 4.78 is 17.3. The van der Waals surface area contributed by atoms with E-state index >= 15 is 0 Å². The second-order valence-corrected chi connectivity index (χ2v) is 8.15. The third kappa shape index (κ3) is 4.91. The second-order valence-electron chi connectivity index (χ2n) is 7.74. The summed E-state index contributed by atoms with van der Waals surface area (Å²) >= 11 is 6.32. The largest absolute Gasteiger partial charge is 0.492 e. The van der Waals surface area contributed by atoms with E-state index in [-0.39, 0.29) is 17.7 Å². The fourth-order valence-electron chi connectivity index (χ4n) is 4.07. The van der Waals surface area contributed by atoms with Gasteiger partial charge < -0.3 is 24.4 Å². The first kappa shape index (κ1) is 21.8. The molecule has 4 rings (SSSR count). The molecule has 0 spiro atoms. The molecule has 1 amide bonds. The summed E-state index contributed by atoms with van der Waals surface area (Å²) in [6, 6.07) is 11.6. The zero-order chi connectivity index (χ0) is 21.8. The molecule has 2 aromatic carbocycles. The number of anilines is 2. The molecule has 1 saturated heterocycles. The molecular weight excluding hydrogens is 416 g/mol. The SMILES string of the molecule is CCOc1cc(N2CCOCC2)c(OCC)cc1NC(=O)C1CC1c1ccccc1Cl. The number of ether oxygens (including phenoxy) is 3. The van der Waals surface area contributed by atoms with Crippen LogP contribution in [0.15, 0.2) is 36.4 Å². The van der Waals surface area contributed by atoms with Crippen LogP contribution in [0.5, 0.6) is 11.5 Å². The van der Waals surface area contributed by atoms with Crippen LogP contribution in [0.25, 0.3) is 0 Å². The van der Waals surface area contributed by atoms with Gasteiger partial charge in [0.2, 0.25) is 5.91 Å². The third-order valence-corrected chi connectivity index (χ3v) is 6.05. The summed E-state index contributed by atoms with van der Waals surface area (Å²) in [7, 11) is 0.